The van der Waals surface area contributed by atoms with Crippen LogP contribution in [0.3, 0.4) is 0 Å². The van der Waals surface area contributed by atoms with Crippen molar-refractivity contribution in [2.24, 2.45) is 0 Å². The van der Waals surface area contributed by atoms with Crippen molar-refractivity contribution in [1.29, 1.82) is 0 Å². The number of carbonyl (C=O) groups excluding carboxylic acids is 3. The van der Waals surface area contributed by atoms with Crippen LogP contribution in [0.4, 0.5) is 4.79 Å². The maximum Gasteiger partial charge on any atom is 0.409 e. The van der Waals surface area contributed by atoms with Gasteiger partial charge in [-0.2, -0.15) is 5.10 Å². The standard InChI is InChI=1S/C27H29BrN4O6/c1-3-36-26(35)32-11-9-27(10-12-32)14-21(20-13-17(28)7-8-23(20)38-27)29-25(34)19-6-4-5-18-22(15-37-16(2)33)30-31-24(18)19/h4-8,13,21H,3,9-12,14-15H2,1-2H3,(H,29,34)(H,30,31)/t21-/m0/s1. The van der Waals surface area contributed by atoms with Crippen molar-refractivity contribution in [1.82, 2.24) is 20.4 Å². The second kappa shape index (κ2) is 10.6. The number of aromatic amines is 1. The predicted octanol–water partition coefficient (Wildman–Crippen LogP) is 4.63. The van der Waals surface area contributed by atoms with Crippen LogP contribution in [0.5, 0.6) is 5.75 Å². The highest BCUT2D eigenvalue weighted by Gasteiger charge is 2.45. The molecule has 2 aliphatic rings. The number of aromatic nitrogens is 2. The van der Waals surface area contributed by atoms with Crippen LogP contribution in [0, 0.1) is 0 Å². The van der Waals surface area contributed by atoms with E-state index in [0.717, 1.165) is 21.2 Å². The van der Waals surface area contributed by atoms with Crippen LogP contribution in [-0.4, -0.2) is 58.4 Å². The van der Waals surface area contributed by atoms with Crippen molar-refractivity contribution in [2.75, 3.05) is 19.7 Å². The molecular weight excluding hydrogens is 556 g/mol. The molecule has 3 aromatic rings. The van der Waals surface area contributed by atoms with Crippen molar-refractivity contribution in [3.05, 3.63) is 57.7 Å². The molecule has 10 nitrogen and oxygen atoms in total. The summed E-state index contributed by atoms with van der Waals surface area (Å²) >= 11 is 3.54. The number of carbonyl (C=O) groups is 3. The van der Waals surface area contributed by atoms with E-state index in [2.05, 4.69) is 31.4 Å². The molecule has 2 aliphatic heterocycles. The first-order chi connectivity index (χ1) is 18.3. The molecule has 1 saturated heterocycles. The summed E-state index contributed by atoms with van der Waals surface area (Å²) < 4.78 is 17.7. The zero-order chi connectivity index (χ0) is 26.9. The van der Waals surface area contributed by atoms with E-state index in [1.54, 1.807) is 24.0 Å². The van der Waals surface area contributed by atoms with Crippen LogP contribution in [-0.2, 0) is 20.9 Å². The van der Waals surface area contributed by atoms with Gasteiger partial charge in [-0.05, 0) is 31.2 Å². The predicted molar refractivity (Wildman–Crippen MR) is 142 cm³/mol. The van der Waals surface area contributed by atoms with Crippen LogP contribution in [0.15, 0.2) is 40.9 Å². The molecule has 2 N–H and O–H groups in total. The second-order valence-electron chi connectivity index (χ2n) is 9.57. The van der Waals surface area contributed by atoms with Crippen LogP contribution >= 0.6 is 15.9 Å². The van der Waals surface area contributed by atoms with Crippen molar-refractivity contribution < 1.29 is 28.6 Å². The quantitative estimate of drug-likeness (QED) is 0.419. The van der Waals surface area contributed by atoms with Gasteiger partial charge in [-0.1, -0.05) is 28.1 Å². The fourth-order valence-corrected chi connectivity index (χ4v) is 5.56. The maximum absolute atomic E-state index is 13.6. The zero-order valence-corrected chi connectivity index (χ0v) is 22.8. The van der Waals surface area contributed by atoms with Gasteiger partial charge >= 0.3 is 12.1 Å². The molecule has 0 saturated carbocycles. The number of halogens is 1. The largest absolute Gasteiger partial charge is 0.487 e. The van der Waals surface area contributed by atoms with Crippen LogP contribution < -0.4 is 10.1 Å². The third-order valence-electron chi connectivity index (χ3n) is 7.08. The summed E-state index contributed by atoms with van der Waals surface area (Å²) in [5, 5.41) is 11.1. The molecule has 1 spiro atoms. The average Bonchev–Trinajstić information content (AvgIpc) is 3.31. The van der Waals surface area contributed by atoms with Crippen molar-refractivity contribution in [2.45, 2.75) is 51.4 Å². The Morgan fingerprint density at radius 2 is 2.00 bits per heavy atom. The lowest BCUT2D eigenvalue weighted by Crippen LogP contribution is -2.53. The Labute approximate surface area is 228 Å². The number of amides is 2. The average molecular weight is 585 g/mol. The molecule has 1 aromatic heterocycles. The van der Waals surface area contributed by atoms with Crippen molar-refractivity contribution >= 4 is 44.8 Å². The molecule has 5 rings (SSSR count). The van der Waals surface area contributed by atoms with Gasteiger partial charge in [-0.15, -0.1) is 0 Å². The lowest BCUT2D eigenvalue weighted by atomic mass is 9.80. The van der Waals surface area contributed by atoms with Gasteiger partial charge in [0.1, 0.15) is 23.5 Å². The number of H-pyrrole nitrogens is 1. The minimum absolute atomic E-state index is 0.0452. The summed E-state index contributed by atoms with van der Waals surface area (Å²) in [6, 6.07) is 10.8. The second-order valence-corrected chi connectivity index (χ2v) is 10.5. The number of rotatable bonds is 5. The Bertz CT molecular complexity index is 1380. The molecule has 0 unspecified atom stereocenters. The molecular formula is C27H29BrN4O6. The molecule has 0 radical (unpaired) electrons. The maximum atomic E-state index is 13.6. The van der Waals surface area contributed by atoms with Gasteiger partial charge in [-0.3, -0.25) is 14.7 Å². The number of nitrogens with zero attached hydrogens (tertiary/aromatic N) is 2. The molecule has 2 aromatic carbocycles. The number of nitrogens with one attached hydrogen (secondary N) is 2. The van der Waals surface area contributed by atoms with Gasteiger partial charge in [0.15, 0.2) is 0 Å². The van der Waals surface area contributed by atoms with E-state index in [1.165, 1.54) is 6.92 Å². The third kappa shape index (κ3) is 5.20. The van der Waals surface area contributed by atoms with E-state index in [0.29, 0.717) is 55.7 Å². The minimum Gasteiger partial charge on any atom is -0.487 e. The number of benzene rings is 2. The van der Waals surface area contributed by atoms with E-state index in [-0.39, 0.29) is 24.6 Å². The fraction of sp³-hybridized carbons (Fsp3) is 0.407. The van der Waals surface area contributed by atoms with Crippen molar-refractivity contribution in [3.63, 3.8) is 0 Å². The molecule has 2 amide bonds. The van der Waals surface area contributed by atoms with E-state index in [9.17, 15) is 14.4 Å². The summed E-state index contributed by atoms with van der Waals surface area (Å²) in [5.74, 6) is 0.0575. The highest BCUT2D eigenvalue weighted by molar-refractivity contribution is 9.10. The molecule has 38 heavy (non-hydrogen) atoms. The van der Waals surface area contributed by atoms with Gasteiger partial charge in [0, 0.05) is 54.7 Å². The van der Waals surface area contributed by atoms with Gasteiger partial charge in [0.2, 0.25) is 0 Å². The van der Waals surface area contributed by atoms with Crippen LogP contribution in [0.1, 0.15) is 60.8 Å². The Morgan fingerprint density at radius 1 is 1.21 bits per heavy atom. The fourth-order valence-electron chi connectivity index (χ4n) is 5.18. The summed E-state index contributed by atoms with van der Waals surface area (Å²) in [5.41, 5.74) is 1.92. The van der Waals surface area contributed by atoms with E-state index >= 15 is 0 Å². The number of ether oxygens (including phenoxy) is 3. The van der Waals surface area contributed by atoms with Crippen molar-refractivity contribution in [3.8, 4) is 5.75 Å². The highest BCUT2D eigenvalue weighted by Crippen LogP contribution is 2.45. The Kier molecular flexibility index (Phi) is 7.29. The lowest BCUT2D eigenvalue weighted by molar-refractivity contribution is -0.142. The number of fused-ring (bicyclic) bond motifs is 2. The lowest BCUT2D eigenvalue weighted by Gasteiger charge is -2.46. The number of likely N-dealkylation sites (tertiary alicyclic amines) is 1. The van der Waals surface area contributed by atoms with E-state index in [1.807, 2.05) is 24.3 Å². The van der Waals surface area contributed by atoms with Gasteiger partial charge in [-0.25, -0.2) is 4.79 Å². The summed E-state index contributed by atoms with van der Waals surface area (Å²) in [7, 11) is 0. The molecule has 1 atom stereocenters. The normalized spacial score (nSPS) is 18.0. The number of esters is 1. The Morgan fingerprint density at radius 3 is 2.74 bits per heavy atom. The number of hydrogen-bond donors (Lipinski definition) is 2. The Hall–Kier alpha value is -3.60. The first-order valence-electron chi connectivity index (χ1n) is 12.6. The highest BCUT2D eigenvalue weighted by atomic mass is 79.9. The van der Waals surface area contributed by atoms with E-state index in [4.69, 9.17) is 14.2 Å². The van der Waals surface area contributed by atoms with Crippen LogP contribution in [0.2, 0.25) is 0 Å². The monoisotopic (exact) mass is 584 g/mol. The smallest absolute Gasteiger partial charge is 0.409 e. The summed E-state index contributed by atoms with van der Waals surface area (Å²) in [6.07, 6.45) is 1.50. The summed E-state index contributed by atoms with van der Waals surface area (Å²) in [4.78, 5) is 38.8. The topological polar surface area (TPSA) is 123 Å². The molecule has 0 aliphatic carbocycles. The molecule has 3 heterocycles. The van der Waals surface area contributed by atoms with Crippen LogP contribution in [0.25, 0.3) is 10.9 Å². The SMILES string of the molecule is CCOC(=O)N1CCC2(CC1)C[C@H](NC(=O)c1cccc3c(COC(C)=O)[nH]nc13)c1cc(Br)ccc1O2. The van der Waals surface area contributed by atoms with Gasteiger partial charge in [0.05, 0.1) is 23.9 Å². The molecule has 200 valence electrons. The first kappa shape index (κ1) is 26.0. The molecule has 0 bridgehead atoms. The summed E-state index contributed by atoms with van der Waals surface area (Å²) in [6.45, 7) is 4.55. The number of piperidine rings is 1. The molecule has 1 fully saturated rings. The van der Waals surface area contributed by atoms with E-state index < -0.39 is 11.6 Å². The van der Waals surface area contributed by atoms with Gasteiger partial charge in [0.25, 0.3) is 5.91 Å². The van der Waals surface area contributed by atoms with Gasteiger partial charge < -0.3 is 24.4 Å². The zero-order valence-electron chi connectivity index (χ0n) is 21.2. The minimum atomic E-state index is -0.517. The third-order valence-corrected chi connectivity index (χ3v) is 7.58. The Balaban J connectivity index is 1.39. The number of hydrogen-bond acceptors (Lipinski definition) is 7. The number of para-hydroxylation sites is 1. The first-order valence-corrected chi connectivity index (χ1v) is 13.4. The molecule has 11 heteroatoms.